The van der Waals surface area contributed by atoms with Crippen LogP contribution < -0.4 is 5.32 Å². The Balaban J connectivity index is 1.79. The van der Waals surface area contributed by atoms with E-state index in [2.05, 4.69) is 5.32 Å². The van der Waals surface area contributed by atoms with Crippen LogP contribution in [0, 0.1) is 0 Å². The van der Waals surface area contributed by atoms with Crippen molar-refractivity contribution in [3.63, 3.8) is 0 Å². The van der Waals surface area contributed by atoms with E-state index >= 15 is 0 Å². The van der Waals surface area contributed by atoms with Gasteiger partial charge in [-0.1, -0.05) is 91.0 Å². The highest BCUT2D eigenvalue weighted by Crippen LogP contribution is 2.31. The first-order valence-electron chi connectivity index (χ1n) is 8.92. The van der Waals surface area contributed by atoms with Crippen molar-refractivity contribution in [1.82, 2.24) is 10.4 Å². The van der Waals surface area contributed by atoms with Gasteiger partial charge in [0, 0.05) is 12.0 Å². The highest BCUT2D eigenvalue weighted by Gasteiger charge is 2.35. The highest BCUT2D eigenvalue weighted by atomic mass is 16.5. The van der Waals surface area contributed by atoms with Gasteiger partial charge in [-0.2, -0.15) is 5.06 Å². The summed E-state index contributed by atoms with van der Waals surface area (Å²) in [5, 5.41) is 14.9. The number of hydrogen-bond donors (Lipinski definition) is 2. The Morgan fingerprint density at radius 1 is 0.778 bits per heavy atom. The molecule has 0 radical (unpaired) electrons. The van der Waals surface area contributed by atoms with Gasteiger partial charge in [-0.25, -0.2) is 0 Å². The number of nitrogens with one attached hydrogen (secondary N) is 1. The number of nitrogens with zero attached hydrogens (tertiary/aromatic N) is 1. The molecule has 0 saturated heterocycles. The third-order valence-corrected chi connectivity index (χ3v) is 4.67. The fraction of sp³-hybridized carbons (Fsp3) is 0.0870. The minimum absolute atomic E-state index is 0.364. The van der Waals surface area contributed by atoms with Crippen LogP contribution in [-0.4, -0.2) is 22.2 Å². The van der Waals surface area contributed by atoms with Crippen LogP contribution in [0.15, 0.2) is 91.0 Å². The second-order valence-electron chi connectivity index (χ2n) is 6.49. The zero-order valence-corrected chi connectivity index (χ0v) is 14.7. The number of hydroxylamine groups is 2. The topological polar surface area (TPSA) is 52.6 Å². The van der Waals surface area contributed by atoms with Crippen molar-refractivity contribution in [2.75, 3.05) is 0 Å². The van der Waals surface area contributed by atoms with E-state index in [1.807, 2.05) is 91.0 Å². The van der Waals surface area contributed by atoms with Gasteiger partial charge in [-0.15, -0.1) is 0 Å². The number of carbonyl (C=O) groups excluding carboxylic acids is 1. The molecule has 4 rings (SSSR count). The van der Waals surface area contributed by atoms with E-state index in [-0.39, 0.29) is 5.91 Å². The normalized spacial score (nSPS) is 17.0. The summed E-state index contributed by atoms with van der Waals surface area (Å²) in [5.41, 5.74) is 3.94. The summed E-state index contributed by atoms with van der Waals surface area (Å²) in [7, 11) is 0. The molecule has 1 aliphatic rings. The third-order valence-electron chi connectivity index (χ3n) is 4.67. The Labute approximate surface area is 158 Å². The first kappa shape index (κ1) is 17.1. The van der Waals surface area contributed by atoms with Crippen LogP contribution >= 0.6 is 0 Å². The molecule has 0 bridgehead atoms. The summed E-state index contributed by atoms with van der Waals surface area (Å²) < 4.78 is 0. The fourth-order valence-electron chi connectivity index (χ4n) is 3.34. The van der Waals surface area contributed by atoms with Crippen LogP contribution in [0.5, 0.6) is 0 Å². The maximum atomic E-state index is 12.9. The molecule has 1 heterocycles. The molecule has 0 fully saturated rings. The molecule has 3 aromatic carbocycles. The van der Waals surface area contributed by atoms with E-state index in [4.69, 9.17) is 0 Å². The van der Waals surface area contributed by atoms with E-state index < -0.39 is 6.04 Å². The van der Waals surface area contributed by atoms with Gasteiger partial charge in [-0.3, -0.25) is 10.0 Å². The Morgan fingerprint density at radius 3 is 1.89 bits per heavy atom. The van der Waals surface area contributed by atoms with E-state index in [1.54, 1.807) is 0 Å². The summed E-state index contributed by atoms with van der Waals surface area (Å²) in [6.45, 7) is 0. The van der Waals surface area contributed by atoms with Crippen LogP contribution in [0.3, 0.4) is 0 Å². The molecule has 0 aliphatic carbocycles. The summed E-state index contributed by atoms with van der Waals surface area (Å²) in [4.78, 5) is 12.9. The van der Waals surface area contributed by atoms with Crippen molar-refractivity contribution in [2.45, 2.75) is 12.5 Å². The molecule has 4 nitrogen and oxygen atoms in total. The minimum atomic E-state index is -0.542. The summed E-state index contributed by atoms with van der Waals surface area (Å²) in [5.74, 6) is -0.364. The van der Waals surface area contributed by atoms with Crippen molar-refractivity contribution in [3.05, 3.63) is 108 Å². The molecule has 1 amide bonds. The molecule has 0 saturated carbocycles. The summed E-state index contributed by atoms with van der Waals surface area (Å²) in [6, 6.07) is 28.5. The molecule has 4 heteroatoms. The molecule has 3 aromatic rings. The molecular weight excluding hydrogens is 336 g/mol. The lowest BCUT2D eigenvalue weighted by Gasteiger charge is -2.34. The lowest BCUT2D eigenvalue weighted by Crippen LogP contribution is -2.50. The van der Waals surface area contributed by atoms with Gasteiger partial charge in [0.15, 0.2) is 0 Å². The Morgan fingerprint density at radius 2 is 1.30 bits per heavy atom. The molecule has 1 unspecified atom stereocenters. The van der Waals surface area contributed by atoms with Crippen LogP contribution in [0.25, 0.3) is 11.4 Å². The molecule has 134 valence electrons. The molecular formula is C23H20N2O2. The molecule has 0 spiro atoms. The zero-order valence-electron chi connectivity index (χ0n) is 14.7. The minimum Gasteiger partial charge on any atom is -0.371 e. The lowest BCUT2D eigenvalue weighted by molar-refractivity contribution is -0.154. The second-order valence-corrected chi connectivity index (χ2v) is 6.49. The summed E-state index contributed by atoms with van der Waals surface area (Å²) >= 11 is 0. The number of hydrogen-bond acceptors (Lipinski definition) is 3. The van der Waals surface area contributed by atoms with E-state index in [1.165, 1.54) is 0 Å². The third kappa shape index (κ3) is 3.48. The standard InChI is InChI=1S/C23H20N2O2/c26-23-20(16-17-10-4-1-5-11-17)24-21(18-12-6-2-7-13-18)22(25(23)27)19-14-8-3-9-15-19/h1-15,20,24,27H,16H2. The molecule has 0 aromatic heterocycles. The predicted molar refractivity (Wildman–Crippen MR) is 105 cm³/mol. The Hall–Kier alpha value is -3.37. The van der Waals surface area contributed by atoms with E-state index in [0.717, 1.165) is 27.5 Å². The van der Waals surface area contributed by atoms with Gasteiger partial charge in [0.2, 0.25) is 0 Å². The van der Waals surface area contributed by atoms with Gasteiger partial charge in [0.1, 0.15) is 11.7 Å². The van der Waals surface area contributed by atoms with Gasteiger partial charge in [0.05, 0.1) is 5.70 Å². The maximum absolute atomic E-state index is 12.9. The number of amides is 1. The van der Waals surface area contributed by atoms with Crippen LogP contribution in [-0.2, 0) is 11.2 Å². The van der Waals surface area contributed by atoms with Crippen LogP contribution in [0.4, 0.5) is 0 Å². The Bertz CT molecular complexity index is 953. The van der Waals surface area contributed by atoms with Crippen molar-refractivity contribution in [3.8, 4) is 0 Å². The number of rotatable bonds is 4. The fourth-order valence-corrected chi connectivity index (χ4v) is 3.34. The average molecular weight is 356 g/mol. The van der Waals surface area contributed by atoms with E-state index in [9.17, 15) is 10.0 Å². The smallest absolute Gasteiger partial charge is 0.273 e. The molecule has 2 N–H and O–H groups in total. The van der Waals surface area contributed by atoms with Gasteiger partial charge < -0.3 is 5.32 Å². The van der Waals surface area contributed by atoms with Gasteiger partial charge >= 0.3 is 0 Å². The first-order valence-corrected chi connectivity index (χ1v) is 8.92. The van der Waals surface area contributed by atoms with Crippen LogP contribution in [0.1, 0.15) is 16.7 Å². The first-order chi connectivity index (χ1) is 13.2. The Kier molecular flexibility index (Phi) is 4.73. The van der Waals surface area contributed by atoms with Crippen molar-refractivity contribution < 1.29 is 10.0 Å². The van der Waals surface area contributed by atoms with Gasteiger partial charge in [-0.05, 0) is 11.1 Å². The predicted octanol–water partition coefficient (Wildman–Crippen LogP) is 3.94. The van der Waals surface area contributed by atoms with Crippen LogP contribution in [0.2, 0.25) is 0 Å². The molecule has 1 aliphatic heterocycles. The van der Waals surface area contributed by atoms with E-state index in [0.29, 0.717) is 12.1 Å². The van der Waals surface area contributed by atoms with Gasteiger partial charge in [0.25, 0.3) is 5.91 Å². The zero-order chi connectivity index (χ0) is 18.6. The lowest BCUT2D eigenvalue weighted by atomic mass is 9.97. The number of carbonyl (C=O) groups is 1. The SMILES string of the molecule is O=C1C(Cc2ccccc2)NC(c2ccccc2)=C(c2ccccc2)N1O. The molecule has 1 atom stereocenters. The van der Waals surface area contributed by atoms with Crippen molar-refractivity contribution in [2.24, 2.45) is 0 Å². The number of benzene rings is 3. The highest BCUT2D eigenvalue weighted by molar-refractivity contribution is 6.02. The van der Waals surface area contributed by atoms with Crippen molar-refractivity contribution >= 4 is 17.3 Å². The summed E-state index contributed by atoms with van der Waals surface area (Å²) in [6.07, 6.45) is 0.495. The molecule has 27 heavy (non-hydrogen) atoms. The maximum Gasteiger partial charge on any atom is 0.273 e. The quantitative estimate of drug-likeness (QED) is 0.696. The monoisotopic (exact) mass is 356 g/mol. The average Bonchev–Trinajstić information content (AvgIpc) is 2.73. The largest absolute Gasteiger partial charge is 0.371 e. The van der Waals surface area contributed by atoms with Crippen molar-refractivity contribution in [1.29, 1.82) is 0 Å². The second kappa shape index (κ2) is 7.48.